The Morgan fingerprint density at radius 1 is 0.943 bits per heavy atom. The third-order valence-electron chi connectivity index (χ3n) is 6.85. The summed E-state index contributed by atoms with van der Waals surface area (Å²) in [6.07, 6.45) is 2.13. The van der Waals surface area contributed by atoms with E-state index < -0.39 is 0 Å². The van der Waals surface area contributed by atoms with Gasteiger partial charge in [0, 0.05) is 23.3 Å². The maximum atomic E-state index is 13.8. The van der Waals surface area contributed by atoms with Crippen molar-refractivity contribution in [3.63, 3.8) is 0 Å². The Hall–Kier alpha value is -3.73. The average molecular weight is 469 g/mol. The molecule has 0 radical (unpaired) electrons. The molecule has 2 unspecified atom stereocenters. The summed E-state index contributed by atoms with van der Waals surface area (Å²) in [6.45, 7) is 4.74. The largest absolute Gasteiger partial charge is 0.493 e. The Labute approximate surface area is 207 Å². The van der Waals surface area contributed by atoms with Crippen LogP contribution >= 0.6 is 0 Å². The predicted molar refractivity (Wildman–Crippen MR) is 140 cm³/mol. The van der Waals surface area contributed by atoms with Gasteiger partial charge >= 0.3 is 0 Å². The fourth-order valence-electron chi connectivity index (χ4n) is 5.08. The highest BCUT2D eigenvalue weighted by molar-refractivity contribution is 6.01. The first kappa shape index (κ1) is 23.0. The van der Waals surface area contributed by atoms with E-state index in [0.717, 1.165) is 41.1 Å². The number of nitrogens with one attached hydrogen (secondary N) is 2. The standard InChI is InChI=1S/C30H32N2O3/c1-4-16-35-30-22(8-7-11-27(30)34-3)29-28-25(31-23-9-5-6-10-24(23)32-29)17-21(18-26(28)33)20-14-12-19(2)13-15-20/h5-15,21,29,31-32H,4,16-18H2,1-3H3. The van der Waals surface area contributed by atoms with Crippen LogP contribution in [0.5, 0.6) is 11.5 Å². The van der Waals surface area contributed by atoms with E-state index in [-0.39, 0.29) is 17.7 Å². The minimum absolute atomic E-state index is 0.140. The number of fused-ring (bicyclic) bond motifs is 1. The molecule has 5 nitrogen and oxygen atoms in total. The first-order valence-corrected chi connectivity index (χ1v) is 12.3. The third kappa shape index (κ3) is 4.51. The molecule has 2 atom stereocenters. The predicted octanol–water partition coefficient (Wildman–Crippen LogP) is 6.77. The summed E-state index contributed by atoms with van der Waals surface area (Å²) in [5.41, 5.74) is 7.00. The van der Waals surface area contributed by atoms with E-state index in [1.54, 1.807) is 7.11 Å². The second kappa shape index (κ2) is 9.87. The number of anilines is 2. The maximum Gasteiger partial charge on any atom is 0.166 e. The lowest BCUT2D eigenvalue weighted by Crippen LogP contribution is -2.27. The first-order chi connectivity index (χ1) is 17.1. The van der Waals surface area contributed by atoms with Crippen molar-refractivity contribution in [3.8, 4) is 11.5 Å². The fraction of sp³-hybridized carbons (Fsp3) is 0.300. The van der Waals surface area contributed by atoms with Crippen molar-refractivity contribution < 1.29 is 14.3 Å². The number of ketones is 1. The molecule has 1 aliphatic heterocycles. The van der Waals surface area contributed by atoms with E-state index in [0.29, 0.717) is 24.5 Å². The molecule has 180 valence electrons. The number of allylic oxidation sites excluding steroid dienone is 1. The van der Waals surface area contributed by atoms with Crippen molar-refractivity contribution >= 4 is 17.2 Å². The zero-order chi connectivity index (χ0) is 24.4. The van der Waals surface area contributed by atoms with Crippen LogP contribution in [0.3, 0.4) is 0 Å². The summed E-state index contributed by atoms with van der Waals surface area (Å²) in [7, 11) is 1.65. The van der Waals surface area contributed by atoms with Gasteiger partial charge in [-0.25, -0.2) is 0 Å². The number of hydrogen-bond donors (Lipinski definition) is 2. The van der Waals surface area contributed by atoms with Crippen LogP contribution in [0.25, 0.3) is 0 Å². The van der Waals surface area contributed by atoms with E-state index in [1.807, 2.05) is 36.4 Å². The highest BCUT2D eigenvalue weighted by Gasteiger charge is 2.37. The molecule has 0 amide bonds. The summed E-state index contributed by atoms with van der Waals surface area (Å²) in [5.74, 6) is 1.65. The molecule has 3 aromatic rings. The zero-order valence-corrected chi connectivity index (χ0v) is 20.6. The molecule has 35 heavy (non-hydrogen) atoms. The van der Waals surface area contributed by atoms with E-state index in [2.05, 4.69) is 54.8 Å². The number of Topliss-reactive ketones (excluding diaryl/α,β-unsaturated/α-hetero) is 1. The molecule has 0 fully saturated rings. The van der Waals surface area contributed by atoms with Crippen LogP contribution in [0.15, 0.2) is 78.0 Å². The SMILES string of the molecule is CCCOc1c(OC)cccc1C1Nc2ccccc2NC2=C1C(=O)CC(c1ccc(C)cc1)C2. The van der Waals surface area contributed by atoms with Crippen LogP contribution in [0.4, 0.5) is 11.4 Å². The highest BCUT2D eigenvalue weighted by atomic mass is 16.5. The minimum Gasteiger partial charge on any atom is -0.493 e. The number of carbonyl (C=O) groups excluding carboxylic acids is 1. The van der Waals surface area contributed by atoms with E-state index >= 15 is 0 Å². The fourth-order valence-corrected chi connectivity index (χ4v) is 5.08. The molecular formula is C30H32N2O3. The average Bonchev–Trinajstić information content (AvgIpc) is 3.04. The van der Waals surface area contributed by atoms with Crippen LogP contribution in [0, 0.1) is 6.92 Å². The first-order valence-electron chi connectivity index (χ1n) is 12.3. The third-order valence-corrected chi connectivity index (χ3v) is 6.85. The molecular weight excluding hydrogens is 436 g/mol. The van der Waals surface area contributed by atoms with Gasteiger partial charge in [-0.15, -0.1) is 0 Å². The van der Waals surface area contributed by atoms with Gasteiger partial charge in [-0.1, -0.05) is 61.0 Å². The highest BCUT2D eigenvalue weighted by Crippen LogP contribution is 2.47. The van der Waals surface area contributed by atoms with Gasteiger partial charge < -0.3 is 20.1 Å². The molecule has 5 rings (SSSR count). The Bertz CT molecular complexity index is 1260. The van der Waals surface area contributed by atoms with Gasteiger partial charge in [0.15, 0.2) is 17.3 Å². The number of ether oxygens (including phenoxy) is 2. The second-order valence-corrected chi connectivity index (χ2v) is 9.31. The molecule has 3 aromatic carbocycles. The number of carbonyl (C=O) groups is 1. The summed E-state index contributed by atoms with van der Waals surface area (Å²) >= 11 is 0. The molecule has 0 bridgehead atoms. The number of para-hydroxylation sites is 3. The van der Waals surface area contributed by atoms with Gasteiger partial charge in [-0.3, -0.25) is 4.79 Å². The lowest BCUT2D eigenvalue weighted by molar-refractivity contribution is -0.116. The van der Waals surface area contributed by atoms with Gasteiger partial charge in [-0.2, -0.15) is 0 Å². The normalized spacial score (nSPS) is 19.1. The van der Waals surface area contributed by atoms with Gasteiger partial charge in [0.1, 0.15) is 0 Å². The Morgan fingerprint density at radius 3 is 2.46 bits per heavy atom. The molecule has 0 aromatic heterocycles. The van der Waals surface area contributed by atoms with E-state index in [4.69, 9.17) is 9.47 Å². The Morgan fingerprint density at radius 2 is 1.71 bits per heavy atom. The van der Waals surface area contributed by atoms with Crippen molar-refractivity contribution in [3.05, 3.63) is 94.7 Å². The summed E-state index contributed by atoms with van der Waals surface area (Å²) in [6, 6.07) is 22.2. The van der Waals surface area contributed by atoms with Crippen molar-refractivity contribution in [2.24, 2.45) is 0 Å². The molecule has 2 aliphatic rings. The van der Waals surface area contributed by atoms with Gasteiger partial charge in [-0.05, 0) is 49.4 Å². The van der Waals surface area contributed by atoms with Crippen LogP contribution in [-0.4, -0.2) is 19.5 Å². The minimum atomic E-state index is -0.352. The van der Waals surface area contributed by atoms with E-state index in [9.17, 15) is 4.79 Å². The number of aryl methyl sites for hydroxylation is 1. The smallest absolute Gasteiger partial charge is 0.166 e. The lowest BCUT2D eigenvalue weighted by Gasteiger charge is -2.31. The summed E-state index contributed by atoms with van der Waals surface area (Å²) < 4.78 is 11.8. The van der Waals surface area contributed by atoms with Crippen molar-refractivity contribution in [1.82, 2.24) is 0 Å². The monoisotopic (exact) mass is 468 g/mol. The number of hydrogen-bond acceptors (Lipinski definition) is 5. The molecule has 0 saturated carbocycles. The van der Waals surface area contributed by atoms with Crippen molar-refractivity contribution in [1.29, 1.82) is 0 Å². The van der Waals surface area contributed by atoms with Gasteiger partial charge in [0.05, 0.1) is 31.1 Å². The molecule has 1 heterocycles. The van der Waals surface area contributed by atoms with Crippen LogP contribution < -0.4 is 20.1 Å². The van der Waals surface area contributed by atoms with Crippen molar-refractivity contribution in [2.75, 3.05) is 24.4 Å². The molecule has 5 heteroatoms. The molecule has 2 N–H and O–H groups in total. The Kier molecular flexibility index (Phi) is 6.49. The van der Waals surface area contributed by atoms with Crippen LogP contribution in [0.2, 0.25) is 0 Å². The van der Waals surface area contributed by atoms with Crippen molar-refractivity contribution in [2.45, 2.75) is 45.1 Å². The molecule has 0 saturated heterocycles. The van der Waals surface area contributed by atoms with Gasteiger partial charge in [0.25, 0.3) is 0 Å². The summed E-state index contributed by atoms with van der Waals surface area (Å²) in [5, 5.41) is 7.28. The number of rotatable bonds is 6. The number of benzene rings is 3. The maximum absolute atomic E-state index is 13.8. The quantitative estimate of drug-likeness (QED) is 0.418. The van der Waals surface area contributed by atoms with E-state index in [1.165, 1.54) is 11.1 Å². The number of methoxy groups -OCH3 is 1. The molecule has 0 spiro atoms. The molecule has 1 aliphatic carbocycles. The van der Waals surface area contributed by atoms with Crippen LogP contribution in [-0.2, 0) is 4.79 Å². The van der Waals surface area contributed by atoms with Gasteiger partial charge in [0.2, 0.25) is 0 Å². The Balaban J connectivity index is 1.63. The summed E-state index contributed by atoms with van der Waals surface area (Å²) in [4.78, 5) is 13.8. The zero-order valence-electron chi connectivity index (χ0n) is 20.6. The second-order valence-electron chi connectivity index (χ2n) is 9.31. The topological polar surface area (TPSA) is 59.6 Å². The van der Waals surface area contributed by atoms with Crippen LogP contribution in [0.1, 0.15) is 54.8 Å². The lowest BCUT2D eigenvalue weighted by atomic mass is 9.78.